The zero-order chi connectivity index (χ0) is 73.2. The molecule has 0 saturated carbocycles. The van der Waals surface area contributed by atoms with Crippen LogP contribution in [0.25, 0.3) is 143 Å². The SMILES string of the molecule is N#Cc1c(-n2c3ccccc3c3cc(C(F)(F)F)ccc32)cc(-c2ccncc2)cc1-n1c2ccc(-c3cc4c5ccc(C(F)(F)F)cc5n(-c5cc(-c6ccncc6)cc(-n6c7cc(C(F)(F)F)ccc7c7ccc(C(F)(F)F)cc76)c5C#N)c4cc3C(F)(F)F)cc2c2cc(C(F)(F)F)ccc21. The van der Waals surface area contributed by atoms with E-state index in [1.54, 1.807) is 47.0 Å². The number of pyridine rings is 2. The molecule has 0 atom stereocenters. The number of benzene rings is 10. The second-order valence-corrected chi connectivity index (χ2v) is 24.6. The fraction of sp³-hybridized carbons (Fsp3) is 0.0769. The molecule has 514 valence electrons. The summed E-state index contributed by atoms with van der Waals surface area (Å²) in [4.78, 5) is 8.14. The van der Waals surface area contributed by atoms with Gasteiger partial charge in [-0.2, -0.15) is 89.6 Å². The number of para-hydroxylation sites is 1. The van der Waals surface area contributed by atoms with Gasteiger partial charge in [0, 0.05) is 67.9 Å². The van der Waals surface area contributed by atoms with Gasteiger partial charge in [0.2, 0.25) is 0 Å². The molecule has 6 aromatic heterocycles. The van der Waals surface area contributed by atoms with Gasteiger partial charge in [-0.1, -0.05) is 42.5 Å². The van der Waals surface area contributed by atoms with Crippen molar-refractivity contribution in [1.29, 1.82) is 10.5 Å². The molecular weight excluding hydrogens is 1390 g/mol. The number of fused-ring (bicyclic) bond motifs is 12. The first-order chi connectivity index (χ1) is 49.3. The van der Waals surface area contributed by atoms with Crippen LogP contribution in [0, 0.1) is 22.7 Å². The molecule has 0 aliphatic heterocycles. The number of rotatable bonds is 7. The van der Waals surface area contributed by atoms with Crippen LogP contribution in [0.2, 0.25) is 0 Å². The molecule has 16 rings (SSSR count). The van der Waals surface area contributed by atoms with E-state index in [1.165, 1.54) is 77.9 Å². The Morgan fingerprint density at radius 3 is 0.952 bits per heavy atom. The Bertz CT molecular complexity index is 6340. The molecule has 6 heterocycles. The Morgan fingerprint density at radius 1 is 0.250 bits per heavy atom. The van der Waals surface area contributed by atoms with Crippen molar-refractivity contribution in [1.82, 2.24) is 28.2 Å². The maximum Gasteiger partial charge on any atom is 0.417 e. The summed E-state index contributed by atoms with van der Waals surface area (Å²) in [6.07, 6.45) is -25.1. The van der Waals surface area contributed by atoms with E-state index in [0.717, 1.165) is 69.8 Å². The molecule has 8 nitrogen and oxygen atoms in total. The summed E-state index contributed by atoms with van der Waals surface area (Å²) in [6.45, 7) is 0. The van der Waals surface area contributed by atoms with Gasteiger partial charge in [0.05, 0.1) is 100 Å². The number of alkyl halides is 18. The summed E-state index contributed by atoms with van der Waals surface area (Å²) in [5.74, 6) is 0. The van der Waals surface area contributed by atoms with E-state index in [-0.39, 0.29) is 87.9 Å². The highest BCUT2D eigenvalue weighted by molar-refractivity contribution is 6.15. The molecule has 0 spiro atoms. The average Bonchev–Trinajstić information content (AvgIpc) is 1.54. The van der Waals surface area contributed by atoms with Crippen molar-refractivity contribution in [3.8, 4) is 68.3 Å². The topological polar surface area (TPSA) is 93.1 Å². The highest BCUT2D eigenvalue weighted by atomic mass is 19.4. The van der Waals surface area contributed by atoms with Gasteiger partial charge >= 0.3 is 37.1 Å². The standard InChI is InChI=1S/C78H36F18N8/c79-73(80,81)44-9-15-63-55(30-44)49-3-1-2-4-61(49)101(63)65-26-42(39-17-21-99-22-18-39)27-66(58(65)37-97)102-62-14-5-41(25-54(62)56-31-45(74(82,83)84)10-16-64(56)102)53-35-57-52-13-8-48(77(91,92)93)34-71(52)104(72(57)36-60(53)78(94,95)96)68-29-43(40-19-23-100-24-20-40)28-67(59(68)38-98)103-69-32-46(75(85,86)87)6-11-50(69)51-12-7-47(33-70(51)103)76(88,89)90/h1-36H. The molecule has 16 aromatic rings. The fourth-order valence-electron chi connectivity index (χ4n) is 14.2. The third-order valence-corrected chi connectivity index (χ3v) is 18.8. The largest absolute Gasteiger partial charge is 0.417 e. The Hall–Kier alpha value is -12.6. The predicted molar refractivity (Wildman–Crippen MR) is 355 cm³/mol. The lowest BCUT2D eigenvalue weighted by atomic mass is 9.95. The van der Waals surface area contributed by atoms with Crippen LogP contribution in [0.4, 0.5) is 79.0 Å². The molecule has 0 fully saturated rings. The molecule has 0 radical (unpaired) electrons. The molecule has 0 saturated heterocycles. The lowest BCUT2D eigenvalue weighted by Gasteiger charge is -2.20. The average molecular weight is 1430 g/mol. The van der Waals surface area contributed by atoms with Crippen molar-refractivity contribution in [2.24, 2.45) is 0 Å². The summed E-state index contributed by atoms with van der Waals surface area (Å²) in [5, 5.41) is 22.6. The van der Waals surface area contributed by atoms with Crippen LogP contribution in [-0.2, 0) is 37.1 Å². The zero-order valence-corrected chi connectivity index (χ0v) is 52.2. The number of aromatic nitrogens is 6. The minimum atomic E-state index is -5.45. The van der Waals surface area contributed by atoms with Gasteiger partial charge in [-0.05, 0) is 185 Å². The Labute approximate surface area is 571 Å². The van der Waals surface area contributed by atoms with Crippen molar-refractivity contribution in [3.63, 3.8) is 0 Å². The molecular formula is C78H36F18N8. The van der Waals surface area contributed by atoms with Crippen LogP contribution in [0.15, 0.2) is 219 Å². The quantitative estimate of drug-likeness (QED) is 0.149. The Kier molecular flexibility index (Phi) is 14.6. The molecule has 0 aliphatic rings. The summed E-state index contributed by atoms with van der Waals surface area (Å²) in [7, 11) is 0. The van der Waals surface area contributed by atoms with Crippen LogP contribution in [0.3, 0.4) is 0 Å². The monoisotopic (exact) mass is 1430 g/mol. The molecule has 0 N–H and O–H groups in total. The highest BCUT2D eigenvalue weighted by Crippen LogP contribution is 2.50. The van der Waals surface area contributed by atoms with Crippen LogP contribution >= 0.6 is 0 Å². The van der Waals surface area contributed by atoms with Gasteiger partial charge in [0.25, 0.3) is 0 Å². The first-order valence-corrected chi connectivity index (χ1v) is 31.0. The predicted octanol–water partition coefficient (Wildman–Crippen LogP) is 23.7. The van der Waals surface area contributed by atoms with E-state index in [1.807, 2.05) is 6.07 Å². The van der Waals surface area contributed by atoms with Gasteiger partial charge < -0.3 is 18.3 Å². The van der Waals surface area contributed by atoms with Crippen LogP contribution in [0.1, 0.15) is 44.5 Å². The highest BCUT2D eigenvalue weighted by Gasteiger charge is 2.40. The summed E-state index contributed by atoms with van der Waals surface area (Å²) in [5.41, 5.74) is -10.8. The van der Waals surface area contributed by atoms with Crippen LogP contribution in [0.5, 0.6) is 0 Å². The van der Waals surface area contributed by atoms with E-state index in [2.05, 4.69) is 16.0 Å². The second kappa shape index (κ2) is 23.0. The van der Waals surface area contributed by atoms with Gasteiger partial charge in [0.1, 0.15) is 23.3 Å². The van der Waals surface area contributed by atoms with Crippen molar-refractivity contribution < 1.29 is 79.0 Å². The number of hydrogen-bond acceptors (Lipinski definition) is 4. The van der Waals surface area contributed by atoms with E-state index >= 15 is 39.5 Å². The summed E-state index contributed by atoms with van der Waals surface area (Å²) < 4.78 is 276. The molecule has 0 aliphatic carbocycles. The van der Waals surface area contributed by atoms with Crippen LogP contribution < -0.4 is 0 Å². The lowest BCUT2D eigenvalue weighted by Crippen LogP contribution is -2.09. The zero-order valence-electron chi connectivity index (χ0n) is 52.2. The van der Waals surface area contributed by atoms with Crippen molar-refractivity contribution in [2.45, 2.75) is 37.1 Å². The summed E-state index contributed by atoms with van der Waals surface area (Å²) in [6, 6.07) is 39.8. The number of nitrogens with zero attached hydrogens (tertiary/aromatic N) is 8. The number of halogens is 18. The maximum absolute atomic E-state index is 16.5. The van der Waals surface area contributed by atoms with E-state index < -0.39 is 115 Å². The van der Waals surface area contributed by atoms with Crippen molar-refractivity contribution in [2.75, 3.05) is 0 Å². The minimum absolute atomic E-state index is 0.00166. The first kappa shape index (κ1) is 66.0. The van der Waals surface area contributed by atoms with Gasteiger partial charge in [-0.3, -0.25) is 9.97 Å². The molecule has 0 bridgehead atoms. The molecule has 0 unspecified atom stereocenters. The molecule has 104 heavy (non-hydrogen) atoms. The smallest absolute Gasteiger partial charge is 0.308 e. The molecule has 0 amide bonds. The molecule has 26 heteroatoms. The third-order valence-electron chi connectivity index (χ3n) is 18.8. The van der Waals surface area contributed by atoms with Gasteiger partial charge in [-0.25, -0.2) is 0 Å². The van der Waals surface area contributed by atoms with Crippen LogP contribution in [-0.4, -0.2) is 28.2 Å². The second-order valence-electron chi connectivity index (χ2n) is 24.6. The Balaban J connectivity index is 0.983. The first-order valence-electron chi connectivity index (χ1n) is 31.0. The van der Waals surface area contributed by atoms with E-state index in [9.17, 15) is 50.0 Å². The summed E-state index contributed by atoms with van der Waals surface area (Å²) >= 11 is 0. The van der Waals surface area contributed by atoms with Gasteiger partial charge in [0.15, 0.2) is 0 Å². The lowest BCUT2D eigenvalue weighted by molar-refractivity contribution is -0.138. The van der Waals surface area contributed by atoms with Crippen molar-refractivity contribution in [3.05, 3.63) is 263 Å². The number of nitriles is 2. The third kappa shape index (κ3) is 10.6. The normalized spacial score (nSPS) is 12.9. The van der Waals surface area contributed by atoms with E-state index in [0.29, 0.717) is 64.5 Å². The van der Waals surface area contributed by atoms with Crippen molar-refractivity contribution >= 4 is 87.2 Å². The Morgan fingerprint density at radius 2 is 0.558 bits per heavy atom. The molecule has 10 aromatic carbocycles. The maximum atomic E-state index is 16.5. The number of hydrogen-bond donors (Lipinski definition) is 0. The van der Waals surface area contributed by atoms with Gasteiger partial charge in [-0.15, -0.1) is 0 Å². The van der Waals surface area contributed by atoms with E-state index in [4.69, 9.17) is 0 Å². The minimum Gasteiger partial charge on any atom is -0.308 e. The fourth-order valence-corrected chi connectivity index (χ4v) is 14.2.